The van der Waals surface area contributed by atoms with E-state index in [0.717, 1.165) is 12.3 Å². The number of amides is 1. The highest BCUT2D eigenvalue weighted by Gasteiger charge is 2.39. The van der Waals surface area contributed by atoms with E-state index in [1.807, 2.05) is 0 Å². The van der Waals surface area contributed by atoms with Gasteiger partial charge in [0.15, 0.2) is 5.82 Å². The van der Waals surface area contributed by atoms with Gasteiger partial charge in [-0.05, 0) is 49.7 Å². The number of rotatable bonds is 3. The van der Waals surface area contributed by atoms with Gasteiger partial charge in [-0.15, -0.1) is 0 Å². The summed E-state index contributed by atoms with van der Waals surface area (Å²) in [4.78, 5) is 30.4. The molecule has 1 amide bonds. The first-order chi connectivity index (χ1) is 14.9. The van der Waals surface area contributed by atoms with Crippen LogP contribution in [0.2, 0.25) is 0 Å². The molecule has 0 saturated carbocycles. The Morgan fingerprint density at radius 1 is 1.41 bits per heavy atom. The van der Waals surface area contributed by atoms with Gasteiger partial charge in [-0.2, -0.15) is 0 Å². The molecule has 174 valence electrons. The van der Waals surface area contributed by atoms with Gasteiger partial charge in [-0.3, -0.25) is 10.1 Å². The molecule has 9 nitrogen and oxygen atoms in total. The van der Waals surface area contributed by atoms with Crippen LogP contribution < -0.4 is 4.90 Å². The van der Waals surface area contributed by atoms with E-state index in [9.17, 15) is 28.8 Å². The minimum absolute atomic E-state index is 0.00492. The summed E-state index contributed by atoms with van der Waals surface area (Å²) in [5.74, 6) is -1.93. The van der Waals surface area contributed by atoms with Crippen LogP contribution in [-0.4, -0.2) is 63.4 Å². The standard InChI is InChI=1S/C20H23BrF2N4O5/c1-10-7-26(11(9-28)8-25(10)19(29)32-20(2,3)4)18-12-5-13(22)15(21)16(23)17(12)24-6-14(18)27(30)31/h5-6,10-11,28H,7-9H2,1-4H3/t10-,11-/m1/s1. The fourth-order valence-corrected chi connectivity index (χ4v) is 4.00. The summed E-state index contributed by atoms with van der Waals surface area (Å²) >= 11 is 2.82. The van der Waals surface area contributed by atoms with Crippen LogP contribution in [0, 0.1) is 21.7 Å². The molecule has 1 aliphatic rings. The highest BCUT2D eigenvalue weighted by Crippen LogP contribution is 2.40. The van der Waals surface area contributed by atoms with Crippen LogP contribution in [0.5, 0.6) is 0 Å². The number of carbonyl (C=O) groups is 1. The van der Waals surface area contributed by atoms with E-state index >= 15 is 0 Å². The SMILES string of the molecule is C[C@@H]1CN(c2c([N+](=O)[O-])cnc3c(F)c(Br)c(F)cc23)[C@@H](CO)CN1C(=O)OC(C)(C)C. The first kappa shape index (κ1) is 24.1. The molecule has 1 saturated heterocycles. The minimum atomic E-state index is -0.989. The van der Waals surface area contributed by atoms with Crippen LogP contribution in [0.3, 0.4) is 0 Å². The van der Waals surface area contributed by atoms with Gasteiger partial charge in [0.05, 0.1) is 22.0 Å². The molecule has 1 fully saturated rings. The normalized spacial score (nSPS) is 19.4. The summed E-state index contributed by atoms with van der Waals surface area (Å²) in [6, 6.07) is -0.282. The third-order valence-corrected chi connectivity index (χ3v) is 5.84. The van der Waals surface area contributed by atoms with Gasteiger partial charge in [-0.25, -0.2) is 18.6 Å². The third-order valence-electron chi connectivity index (χ3n) is 5.11. The first-order valence-electron chi connectivity index (χ1n) is 9.83. The van der Waals surface area contributed by atoms with Crippen molar-refractivity contribution in [2.24, 2.45) is 0 Å². The number of aliphatic hydroxyl groups excluding tert-OH is 1. The zero-order valence-electron chi connectivity index (χ0n) is 17.9. The van der Waals surface area contributed by atoms with Crippen LogP contribution >= 0.6 is 15.9 Å². The van der Waals surface area contributed by atoms with Crippen molar-refractivity contribution in [3.8, 4) is 0 Å². The lowest BCUT2D eigenvalue weighted by Gasteiger charge is -2.45. The first-order valence-corrected chi connectivity index (χ1v) is 10.6. The Balaban J connectivity index is 2.12. The summed E-state index contributed by atoms with van der Waals surface area (Å²) in [5.41, 5.74) is -1.52. The molecule has 0 aliphatic carbocycles. The largest absolute Gasteiger partial charge is 0.444 e. The zero-order valence-corrected chi connectivity index (χ0v) is 19.5. The summed E-state index contributed by atoms with van der Waals surface area (Å²) in [5, 5.41) is 21.7. The summed E-state index contributed by atoms with van der Waals surface area (Å²) in [7, 11) is 0. The highest BCUT2D eigenvalue weighted by atomic mass is 79.9. The maximum atomic E-state index is 14.7. The average Bonchev–Trinajstić information content (AvgIpc) is 2.69. The van der Waals surface area contributed by atoms with E-state index < -0.39 is 57.1 Å². The number of anilines is 1. The smallest absolute Gasteiger partial charge is 0.410 e. The van der Waals surface area contributed by atoms with Gasteiger partial charge in [0.1, 0.15) is 28.8 Å². The van der Waals surface area contributed by atoms with Crippen molar-refractivity contribution in [3.05, 3.63) is 38.5 Å². The lowest BCUT2D eigenvalue weighted by atomic mass is 10.0. The summed E-state index contributed by atoms with van der Waals surface area (Å²) in [6.45, 7) is 6.49. The van der Waals surface area contributed by atoms with Crippen LogP contribution in [0.15, 0.2) is 16.7 Å². The molecule has 1 aromatic carbocycles. The van der Waals surface area contributed by atoms with Gasteiger partial charge in [0, 0.05) is 24.5 Å². The predicted molar refractivity (Wildman–Crippen MR) is 117 cm³/mol. The number of aliphatic hydroxyl groups is 1. The number of benzene rings is 1. The fourth-order valence-electron chi connectivity index (χ4n) is 3.70. The number of nitro groups is 1. The van der Waals surface area contributed by atoms with Crippen molar-refractivity contribution >= 4 is 44.3 Å². The number of ether oxygens (including phenoxy) is 1. The van der Waals surface area contributed by atoms with E-state index in [4.69, 9.17) is 4.74 Å². The van der Waals surface area contributed by atoms with Crippen molar-refractivity contribution in [2.45, 2.75) is 45.4 Å². The average molecular weight is 517 g/mol. The van der Waals surface area contributed by atoms with E-state index in [2.05, 4.69) is 20.9 Å². The number of hydrogen-bond donors (Lipinski definition) is 1. The lowest BCUT2D eigenvalue weighted by molar-refractivity contribution is -0.384. The predicted octanol–water partition coefficient (Wildman–Crippen LogP) is 3.99. The number of pyridine rings is 1. The van der Waals surface area contributed by atoms with E-state index in [1.165, 1.54) is 9.80 Å². The Morgan fingerprint density at radius 3 is 2.62 bits per heavy atom. The Labute approximate surface area is 191 Å². The van der Waals surface area contributed by atoms with Gasteiger partial charge in [-0.1, -0.05) is 0 Å². The fraction of sp³-hybridized carbons (Fsp3) is 0.500. The monoisotopic (exact) mass is 516 g/mol. The third kappa shape index (κ3) is 4.46. The Hall–Kier alpha value is -2.60. The molecule has 0 unspecified atom stereocenters. The number of piperazine rings is 1. The van der Waals surface area contributed by atoms with Crippen LogP contribution in [0.4, 0.5) is 25.0 Å². The molecule has 32 heavy (non-hydrogen) atoms. The Morgan fingerprint density at radius 2 is 2.06 bits per heavy atom. The van der Waals surface area contributed by atoms with E-state index in [0.29, 0.717) is 0 Å². The lowest BCUT2D eigenvalue weighted by Crippen LogP contribution is -2.61. The van der Waals surface area contributed by atoms with Crippen molar-refractivity contribution < 1.29 is 28.3 Å². The molecule has 3 rings (SSSR count). The molecular weight excluding hydrogens is 494 g/mol. The second-order valence-corrected chi connectivity index (χ2v) is 9.40. The maximum absolute atomic E-state index is 14.7. The Bertz CT molecular complexity index is 1080. The molecule has 1 N–H and O–H groups in total. The van der Waals surface area contributed by atoms with Gasteiger partial charge in [0.25, 0.3) is 0 Å². The van der Waals surface area contributed by atoms with Crippen molar-refractivity contribution in [1.29, 1.82) is 0 Å². The molecule has 2 atom stereocenters. The minimum Gasteiger partial charge on any atom is -0.444 e. The molecule has 1 aromatic heterocycles. The van der Waals surface area contributed by atoms with Crippen molar-refractivity contribution in [2.75, 3.05) is 24.6 Å². The van der Waals surface area contributed by atoms with Crippen LogP contribution in [0.1, 0.15) is 27.7 Å². The molecular formula is C20H23BrF2N4O5. The Kier molecular flexibility index (Phi) is 6.57. The van der Waals surface area contributed by atoms with Crippen LogP contribution in [0.25, 0.3) is 10.9 Å². The number of hydrogen-bond acceptors (Lipinski definition) is 7. The van der Waals surface area contributed by atoms with Gasteiger partial charge >= 0.3 is 11.8 Å². The summed E-state index contributed by atoms with van der Waals surface area (Å²) in [6.07, 6.45) is 0.322. The zero-order chi connectivity index (χ0) is 24.0. The second kappa shape index (κ2) is 8.74. The quantitative estimate of drug-likeness (QED) is 0.373. The van der Waals surface area contributed by atoms with Crippen molar-refractivity contribution in [1.82, 2.24) is 9.88 Å². The molecule has 2 heterocycles. The maximum Gasteiger partial charge on any atom is 0.410 e. The molecule has 0 radical (unpaired) electrons. The number of halogens is 3. The molecule has 1 aliphatic heterocycles. The number of aromatic nitrogens is 1. The van der Waals surface area contributed by atoms with Crippen molar-refractivity contribution in [3.63, 3.8) is 0 Å². The van der Waals surface area contributed by atoms with Gasteiger partial charge < -0.3 is 19.6 Å². The van der Waals surface area contributed by atoms with Crippen LogP contribution in [-0.2, 0) is 4.74 Å². The second-order valence-electron chi connectivity index (χ2n) is 8.60. The molecule has 0 spiro atoms. The van der Waals surface area contributed by atoms with E-state index in [1.54, 1.807) is 27.7 Å². The number of nitrogens with zero attached hydrogens (tertiary/aromatic N) is 4. The van der Waals surface area contributed by atoms with E-state index in [-0.39, 0.29) is 29.7 Å². The molecule has 2 aromatic rings. The number of carbonyl (C=O) groups excluding carboxylic acids is 1. The summed E-state index contributed by atoms with van der Waals surface area (Å²) < 4.78 is 34.0. The van der Waals surface area contributed by atoms with Gasteiger partial charge in [0.2, 0.25) is 0 Å². The molecule has 0 bridgehead atoms. The topological polar surface area (TPSA) is 109 Å². The number of fused-ring (bicyclic) bond motifs is 1. The highest BCUT2D eigenvalue weighted by molar-refractivity contribution is 9.10. The molecule has 12 heteroatoms.